The minimum Gasteiger partial charge on any atom is -0.506 e. The number of ether oxygens (including phenoxy) is 3. The van der Waals surface area contributed by atoms with Crippen molar-refractivity contribution in [2.45, 2.75) is 44.1 Å². The van der Waals surface area contributed by atoms with Gasteiger partial charge in [-0.3, -0.25) is 0 Å². The van der Waals surface area contributed by atoms with E-state index in [0.717, 1.165) is 5.57 Å². The number of fused-ring (bicyclic) bond motifs is 2. The molecule has 9 nitrogen and oxygen atoms in total. The Balaban J connectivity index is 1.77. The molecule has 30 heavy (non-hydrogen) atoms. The Labute approximate surface area is 171 Å². The molecule has 1 fully saturated rings. The fourth-order valence-electron chi connectivity index (χ4n) is 3.77. The topological polar surface area (TPSA) is 146 Å². The lowest BCUT2D eigenvalue weighted by Crippen LogP contribution is -2.60. The van der Waals surface area contributed by atoms with Gasteiger partial charge in [-0.05, 0) is 42.0 Å². The van der Waals surface area contributed by atoms with E-state index in [0.29, 0.717) is 17.4 Å². The van der Waals surface area contributed by atoms with E-state index in [4.69, 9.17) is 14.2 Å². The highest BCUT2D eigenvalue weighted by Crippen LogP contribution is 2.40. The van der Waals surface area contributed by atoms with Crippen LogP contribution < -0.4 is 4.74 Å². The van der Waals surface area contributed by atoms with Crippen LogP contribution in [0.5, 0.6) is 11.5 Å². The number of phenols is 1. The Morgan fingerprint density at radius 2 is 1.93 bits per heavy atom. The molecule has 2 aromatic carbocycles. The van der Waals surface area contributed by atoms with Gasteiger partial charge in [0.05, 0.1) is 18.3 Å². The first-order chi connectivity index (χ1) is 14.3. The maximum Gasteiger partial charge on any atom is 0.347 e. The summed E-state index contributed by atoms with van der Waals surface area (Å²) in [6.45, 7) is 1.21. The number of rotatable bonds is 3. The number of benzene rings is 2. The van der Waals surface area contributed by atoms with Crippen molar-refractivity contribution in [2.75, 3.05) is 6.61 Å². The number of cyclic esters (lactones) is 1. The first-order valence-electron chi connectivity index (χ1n) is 9.43. The van der Waals surface area contributed by atoms with E-state index in [1.165, 1.54) is 12.3 Å². The molecular formula is C21H22O9. The van der Waals surface area contributed by atoms with Crippen LogP contribution in [0.4, 0.5) is 0 Å². The highest BCUT2D eigenvalue weighted by atomic mass is 16.7. The number of allylic oxidation sites excluding steroid dienone is 1. The highest BCUT2D eigenvalue weighted by Gasteiger charge is 2.45. The van der Waals surface area contributed by atoms with E-state index in [1.807, 2.05) is 6.92 Å². The standard InChI is InChI=1S/C21H22O9/c1-9-5-11-6-10-3-2-4-12(14(10)17(24)15(11)20(27)28-8-9)29-21-19(26)18(25)16(23)13(7-22)30-21/h2-4,6,8,13,16,18-19,21-26H,5,7H2,1H3/t13-,16-,18+,19-,21-/m1/s1. The van der Waals surface area contributed by atoms with Crippen LogP contribution in [0.25, 0.3) is 10.8 Å². The van der Waals surface area contributed by atoms with E-state index < -0.39 is 43.3 Å². The number of aromatic hydroxyl groups is 1. The third-order valence-corrected chi connectivity index (χ3v) is 5.32. The Hall–Kier alpha value is -2.69. The van der Waals surface area contributed by atoms with Gasteiger partial charge in [0.1, 0.15) is 41.5 Å². The largest absolute Gasteiger partial charge is 0.506 e. The lowest BCUT2D eigenvalue weighted by molar-refractivity contribution is -0.277. The molecule has 5 N–H and O–H groups in total. The van der Waals surface area contributed by atoms with Crippen molar-refractivity contribution in [1.82, 2.24) is 0 Å². The van der Waals surface area contributed by atoms with Gasteiger partial charge in [-0.25, -0.2) is 4.79 Å². The van der Waals surface area contributed by atoms with Gasteiger partial charge in [0, 0.05) is 0 Å². The zero-order valence-corrected chi connectivity index (χ0v) is 16.1. The van der Waals surface area contributed by atoms with Crippen LogP contribution in [-0.4, -0.2) is 68.8 Å². The molecule has 0 aliphatic carbocycles. The van der Waals surface area contributed by atoms with Gasteiger partial charge >= 0.3 is 5.97 Å². The molecule has 0 unspecified atom stereocenters. The molecule has 9 heteroatoms. The Morgan fingerprint density at radius 3 is 2.67 bits per heavy atom. The van der Waals surface area contributed by atoms with Gasteiger partial charge in [0.2, 0.25) is 6.29 Å². The predicted molar refractivity (Wildman–Crippen MR) is 103 cm³/mol. The molecule has 2 heterocycles. The second kappa shape index (κ2) is 7.86. The number of phenolic OH excluding ortho intramolecular Hbond substituents is 1. The zero-order chi connectivity index (χ0) is 21.6. The summed E-state index contributed by atoms with van der Waals surface area (Å²) in [6.07, 6.45) is -5.55. The SMILES string of the molecule is CC1=COC(=O)c2c(cc3cccc(O[C@@H]4O[C@H](CO)[C@@H](O)[C@H](O)[C@H]4O)c3c2O)C1. The number of hydrogen-bond donors (Lipinski definition) is 5. The van der Waals surface area contributed by atoms with Crippen molar-refractivity contribution in [3.8, 4) is 11.5 Å². The Bertz CT molecular complexity index is 1010. The maximum atomic E-state index is 12.4. The summed E-state index contributed by atoms with van der Waals surface area (Å²) < 4.78 is 16.2. The van der Waals surface area contributed by atoms with Gasteiger partial charge in [-0.1, -0.05) is 12.1 Å². The number of carbonyl (C=O) groups is 1. The van der Waals surface area contributed by atoms with Crippen molar-refractivity contribution in [3.05, 3.63) is 47.2 Å². The first-order valence-corrected chi connectivity index (χ1v) is 9.43. The molecule has 0 radical (unpaired) electrons. The van der Waals surface area contributed by atoms with Crippen LogP contribution in [0.2, 0.25) is 0 Å². The smallest absolute Gasteiger partial charge is 0.347 e. The quantitative estimate of drug-likeness (QED) is 0.445. The van der Waals surface area contributed by atoms with E-state index in [2.05, 4.69) is 0 Å². The molecule has 2 aromatic rings. The fraction of sp³-hybridized carbons (Fsp3) is 0.381. The van der Waals surface area contributed by atoms with Gasteiger partial charge in [-0.2, -0.15) is 0 Å². The van der Waals surface area contributed by atoms with E-state index in [-0.39, 0.29) is 22.4 Å². The maximum absolute atomic E-state index is 12.4. The fourth-order valence-corrected chi connectivity index (χ4v) is 3.77. The molecule has 2 aliphatic heterocycles. The normalized spacial score (nSPS) is 29.0. The average Bonchev–Trinajstić information content (AvgIpc) is 2.86. The van der Waals surface area contributed by atoms with Crippen LogP contribution >= 0.6 is 0 Å². The molecule has 2 aliphatic rings. The molecule has 5 atom stereocenters. The number of aliphatic hydroxyl groups excluding tert-OH is 4. The van der Waals surface area contributed by atoms with E-state index >= 15 is 0 Å². The van der Waals surface area contributed by atoms with E-state index in [1.54, 1.807) is 18.2 Å². The minimum atomic E-state index is -1.61. The van der Waals surface area contributed by atoms with Crippen LogP contribution in [0.1, 0.15) is 22.8 Å². The lowest BCUT2D eigenvalue weighted by Gasteiger charge is -2.39. The van der Waals surface area contributed by atoms with Crippen molar-refractivity contribution < 1.29 is 44.5 Å². The number of esters is 1. The Morgan fingerprint density at radius 1 is 1.17 bits per heavy atom. The zero-order valence-electron chi connectivity index (χ0n) is 16.1. The molecule has 0 aromatic heterocycles. The third kappa shape index (κ3) is 3.40. The number of carbonyl (C=O) groups excluding carboxylic acids is 1. The summed E-state index contributed by atoms with van der Waals surface area (Å²) in [7, 11) is 0. The van der Waals surface area contributed by atoms with Crippen molar-refractivity contribution in [1.29, 1.82) is 0 Å². The molecule has 0 saturated carbocycles. The van der Waals surface area contributed by atoms with Crippen LogP contribution in [-0.2, 0) is 15.9 Å². The predicted octanol–water partition coefficient (Wildman–Crippen LogP) is 0.341. The summed E-state index contributed by atoms with van der Waals surface area (Å²) in [5.41, 5.74) is 1.43. The summed E-state index contributed by atoms with van der Waals surface area (Å²) in [4.78, 5) is 12.4. The van der Waals surface area contributed by atoms with E-state index in [9.17, 15) is 30.3 Å². The molecule has 1 saturated heterocycles. The number of hydrogen-bond acceptors (Lipinski definition) is 9. The van der Waals surface area contributed by atoms with Crippen molar-refractivity contribution >= 4 is 16.7 Å². The van der Waals surface area contributed by atoms with Gasteiger partial charge < -0.3 is 39.7 Å². The first kappa shape index (κ1) is 20.6. The molecule has 0 spiro atoms. The van der Waals surface area contributed by atoms with Crippen molar-refractivity contribution in [2.24, 2.45) is 0 Å². The summed E-state index contributed by atoms with van der Waals surface area (Å²) in [5.74, 6) is -0.960. The lowest BCUT2D eigenvalue weighted by atomic mass is 9.95. The minimum absolute atomic E-state index is 0.0143. The van der Waals surface area contributed by atoms with Crippen LogP contribution in [0.15, 0.2) is 36.1 Å². The molecule has 4 rings (SSSR count). The monoisotopic (exact) mass is 418 g/mol. The molecule has 0 amide bonds. The molecular weight excluding hydrogens is 396 g/mol. The summed E-state index contributed by atoms with van der Waals surface area (Å²) in [6, 6.07) is 6.63. The highest BCUT2D eigenvalue weighted by molar-refractivity contribution is 6.05. The van der Waals surface area contributed by atoms with Crippen molar-refractivity contribution in [3.63, 3.8) is 0 Å². The summed E-state index contributed by atoms with van der Waals surface area (Å²) in [5, 5.41) is 51.2. The van der Waals surface area contributed by atoms with Gasteiger partial charge in [-0.15, -0.1) is 0 Å². The second-order valence-electron chi connectivity index (χ2n) is 7.47. The summed E-state index contributed by atoms with van der Waals surface area (Å²) >= 11 is 0. The molecule has 0 bridgehead atoms. The third-order valence-electron chi connectivity index (χ3n) is 5.32. The second-order valence-corrected chi connectivity index (χ2v) is 7.47. The van der Waals surface area contributed by atoms with Gasteiger partial charge in [0.15, 0.2) is 0 Å². The number of aliphatic hydroxyl groups is 4. The van der Waals surface area contributed by atoms with Gasteiger partial charge in [0.25, 0.3) is 0 Å². The average molecular weight is 418 g/mol. The molecule has 160 valence electrons. The van der Waals surface area contributed by atoms with Crippen LogP contribution in [0, 0.1) is 0 Å². The Kier molecular flexibility index (Phi) is 5.39. The van der Waals surface area contributed by atoms with Crippen LogP contribution in [0.3, 0.4) is 0 Å².